The van der Waals surface area contributed by atoms with Crippen LogP contribution in [0, 0.1) is 5.41 Å². The van der Waals surface area contributed by atoms with Crippen LogP contribution in [0.4, 0.5) is 0 Å². The Morgan fingerprint density at radius 3 is 2.12 bits per heavy atom. The van der Waals surface area contributed by atoms with Gasteiger partial charge in [0, 0.05) is 22.9 Å². The van der Waals surface area contributed by atoms with Gasteiger partial charge in [0.15, 0.2) is 5.78 Å². The molecule has 0 spiro atoms. The van der Waals surface area contributed by atoms with Crippen molar-refractivity contribution in [2.24, 2.45) is 11.1 Å². The van der Waals surface area contributed by atoms with Gasteiger partial charge in [0.2, 0.25) is 0 Å². The van der Waals surface area contributed by atoms with Gasteiger partial charge in [-0.25, -0.2) is 0 Å². The molecule has 2 heteroatoms. The van der Waals surface area contributed by atoms with Crippen LogP contribution < -0.4 is 5.73 Å². The van der Waals surface area contributed by atoms with E-state index in [-0.39, 0.29) is 16.6 Å². The number of carbonyl (C=O) groups is 1. The summed E-state index contributed by atoms with van der Waals surface area (Å²) < 4.78 is 0. The molecule has 0 unspecified atom stereocenters. The van der Waals surface area contributed by atoms with E-state index in [1.807, 2.05) is 32.9 Å². The van der Waals surface area contributed by atoms with Crippen LogP contribution in [-0.4, -0.2) is 12.3 Å². The van der Waals surface area contributed by atoms with E-state index in [0.717, 1.165) is 5.56 Å². The van der Waals surface area contributed by atoms with Crippen molar-refractivity contribution in [3.63, 3.8) is 0 Å². The second-order valence-corrected chi connectivity index (χ2v) is 6.14. The maximum absolute atomic E-state index is 12.1. The number of Topliss-reactive ketones (excluding diaryl/α,β-unsaturated/α-hetero) is 1. The molecular weight excluding hydrogens is 210 g/mol. The van der Waals surface area contributed by atoms with Crippen molar-refractivity contribution < 1.29 is 4.79 Å². The van der Waals surface area contributed by atoms with Gasteiger partial charge in [0.05, 0.1) is 0 Å². The van der Waals surface area contributed by atoms with E-state index in [1.165, 1.54) is 18.4 Å². The highest BCUT2D eigenvalue weighted by atomic mass is 16.1. The maximum atomic E-state index is 12.1. The summed E-state index contributed by atoms with van der Waals surface area (Å²) >= 11 is 0. The van der Waals surface area contributed by atoms with Gasteiger partial charge in [-0.05, 0) is 18.4 Å². The minimum absolute atomic E-state index is 0.196. The molecule has 0 saturated heterocycles. The van der Waals surface area contributed by atoms with Gasteiger partial charge in [0.1, 0.15) is 0 Å². The summed E-state index contributed by atoms with van der Waals surface area (Å²) in [5.74, 6) is 0.196. The topological polar surface area (TPSA) is 43.1 Å². The molecular formula is C15H21NO. The first-order valence-electron chi connectivity index (χ1n) is 6.24. The molecule has 0 atom stereocenters. The lowest BCUT2D eigenvalue weighted by Crippen LogP contribution is -2.21. The molecule has 92 valence electrons. The van der Waals surface area contributed by atoms with Crippen LogP contribution in [0.5, 0.6) is 0 Å². The molecule has 2 N–H and O–H groups in total. The predicted octanol–water partition coefficient (Wildman–Crippen LogP) is 2.91. The van der Waals surface area contributed by atoms with Crippen molar-refractivity contribution in [1.82, 2.24) is 0 Å². The minimum Gasteiger partial charge on any atom is -0.330 e. The lowest BCUT2D eigenvalue weighted by Gasteiger charge is -2.18. The number of carbonyl (C=O) groups excluding carboxylic acids is 1. The summed E-state index contributed by atoms with van der Waals surface area (Å²) in [5, 5.41) is 0. The van der Waals surface area contributed by atoms with Crippen LogP contribution in [0.3, 0.4) is 0 Å². The van der Waals surface area contributed by atoms with E-state index >= 15 is 0 Å². The number of hydrogen-bond acceptors (Lipinski definition) is 2. The predicted molar refractivity (Wildman–Crippen MR) is 70.2 cm³/mol. The zero-order chi connectivity index (χ0) is 12.7. The number of hydrogen-bond donors (Lipinski definition) is 1. The largest absolute Gasteiger partial charge is 0.330 e. The van der Waals surface area contributed by atoms with Crippen LogP contribution in [0.15, 0.2) is 24.3 Å². The Hall–Kier alpha value is -1.15. The van der Waals surface area contributed by atoms with Gasteiger partial charge in [0.25, 0.3) is 0 Å². The van der Waals surface area contributed by atoms with E-state index in [4.69, 9.17) is 5.73 Å². The van der Waals surface area contributed by atoms with Crippen molar-refractivity contribution in [1.29, 1.82) is 0 Å². The fraction of sp³-hybridized carbons (Fsp3) is 0.533. The second kappa shape index (κ2) is 3.95. The highest BCUT2D eigenvalue weighted by Gasteiger charge is 2.42. The molecule has 1 aromatic carbocycles. The van der Waals surface area contributed by atoms with Crippen LogP contribution in [0.1, 0.15) is 49.5 Å². The van der Waals surface area contributed by atoms with Crippen molar-refractivity contribution in [2.75, 3.05) is 6.54 Å². The molecule has 0 aliphatic heterocycles. The molecule has 2 nitrogen and oxygen atoms in total. The third kappa shape index (κ3) is 2.27. The van der Waals surface area contributed by atoms with Gasteiger partial charge < -0.3 is 5.73 Å². The van der Waals surface area contributed by atoms with Gasteiger partial charge >= 0.3 is 0 Å². The third-order valence-corrected chi connectivity index (χ3v) is 3.68. The van der Waals surface area contributed by atoms with Crippen molar-refractivity contribution >= 4 is 5.78 Å². The molecule has 0 heterocycles. The van der Waals surface area contributed by atoms with E-state index < -0.39 is 0 Å². The summed E-state index contributed by atoms with van der Waals surface area (Å²) in [7, 11) is 0. The Labute approximate surface area is 103 Å². The fourth-order valence-corrected chi connectivity index (χ4v) is 2.17. The van der Waals surface area contributed by atoms with E-state index in [1.54, 1.807) is 0 Å². The standard InChI is InChI=1S/C15H21NO/c1-14(2,3)13(17)11-4-6-12(7-5-11)15(10-16)8-9-15/h4-7H,8-10,16H2,1-3H3. The molecule has 0 radical (unpaired) electrons. The second-order valence-electron chi connectivity index (χ2n) is 6.14. The average molecular weight is 231 g/mol. The first-order chi connectivity index (χ1) is 7.89. The molecule has 1 fully saturated rings. The molecule has 1 aliphatic carbocycles. The molecule has 2 rings (SSSR count). The third-order valence-electron chi connectivity index (χ3n) is 3.68. The maximum Gasteiger partial charge on any atom is 0.168 e. The van der Waals surface area contributed by atoms with Crippen LogP contribution in [-0.2, 0) is 5.41 Å². The van der Waals surface area contributed by atoms with Crippen molar-refractivity contribution in [3.8, 4) is 0 Å². The Morgan fingerprint density at radius 1 is 1.24 bits per heavy atom. The Morgan fingerprint density at radius 2 is 1.76 bits per heavy atom. The summed E-state index contributed by atoms with van der Waals surface area (Å²) in [6, 6.07) is 8.02. The van der Waals surface area contributed by atoms with E-state index in [9.17, 15) is 4.79 Å². The van der Waals surface area contributed by atoms with Crippen LogP contribution in [0.2, 0.25) is 0 Å². The highest BCUT2D eigenvalue weighted by Crippen LogP contribution is 2.47. The molecule has 1 aromatic rings. The monoisotopic (exact) mass is 231 g/mol. The average Bonchev–Trinajstić information content (AvgIpc) is 3.08. The summed E-state index contributed by atoms with van der Waals surface area (Å²) in [5.41, 5.74) is 7.78. The SMILES string of the molecule is CC(C)(C)C(=O)c1ccc(C2(CN)CC2)cc1. The van der Waals surface area contributed by atoms with Gasteiger partial charge in [-0.2, -0.15) is 0 Å². The Kier molecular flexibility index (Phi) is 2.86. The van der Waals surface area contributed by atoms with Gasteiger partial charge in [-0.15, -0.1) is 0 Å². The zero-order valence-corrected chi connectivity index (χ0v) is 10.9. The summed E-state index contributed by atoms with van der Waals surface area (Å²) in [4.78, 5) is 12.1. The number of nitrogens with two attached hydrogens (primary N) is 1. The Balaban J connectivity index is 2.22. The molecule has 0 bridgehead atoms. The molecule has 17 heavy (non-hydrogen) atoms. The summed E-state index contributed by atoms with van der Waals surface area (Å²) in [6.45, 7) is 6.56. The normalized spacial score (nSPS) is 17.9. The molecule has 1 saturated carbocycles. The number of benzene rings is 1. The van der Waals surface area contributed by atoms with Gasteiger partial charge in [-0.3, -0.25) is 4.79 Å². The first kappa shape index (κ1) is 12.3. The van der Waals surface area contributed by atoms with Crippen LogP contribution in [0.25, 0.3) is 0 Å². The van der Waals surface area contributed by atoms with Crippen molar-refractivity contribution in [3.05, 3.63) is 35.4 Å². The minimum atomic E-state index is -0.313. The Bertz CT molecular complexity index is 421. The van der Waals surface area contributed by atoms with Crippen LogP contribution >= 0.6 is 0 Å². The molecule has 1 aliphatic rings. The lowest BCUT2D eigenvalue weighted by molar-refractivity contribution is 0.0858. The van der Waals surface area contributed by atoms with E-state index in [0.29, 0.717) is 6.54 Å². The smallest absolute Gasteiger partial charge is 0.168 e. The molecule has 0 aromatic heterocycles. The van der Waals surface area contributed by atoms with Gasteiger partial charge in [-0.1, -0.05) is 45.0 Å². The fourth-order valence-electron chi connectivity index (χ4n) is 2.17. The number of ketones is 1. The highest BCUT2D eigenvalue weighted by molar-refractivity contribution is 5.99. The molecule has 0 amide bonds. The quantitative estimate of drug-likeness (QED) is 0.813. The number of rotatable bonds is 3. The zero-order valence-electron chi connectivity index (χ0n) is 10.9. The van der Waals surface area contributed by atoms with E-state index in [2.05, 4.69) is 12.1 Å². The van der Waals surface area contributed by atoms with Crippen molar-refractivity contribution in [2.45, 2.75) is 39.0 Å². The summed E-state index contributed by atoms with van der Waals surface area (Å²) in [6.07, 6.45) is 2.35. The first-order valence-corrected chi connectivity index (χ1v) is 6.24. The lowest BCUT2D eigenvalue weighted by atomic mass is 9.85.